The first kappa shape index (κ1) is 13.6. The minimum absolute atomic E-state index is 0.401. The molecule has 0 aliphatic carbocycles. The number of hydrogen-bond donors (Lipinski definition) is 1. The van der Waals surface area contributed by atoms with E-state index in [9.17, 15) is 0 Å². The summed E-state index contributed by atoms with van der Waals surface area (Å²) in [5.41, 5.74) is 10.0. The van der Waals surface area contributed by atoms with Crippen molar-refractivity contribution < 1.29 is 0 Å². The van der Waals surface area contributed by atoms with E-state index in [-0.39, 0.29) is 0 Å². The van der Waals surface area contributed by atoms with Gasteiger partial charge in [-0.3, -0.25) is 4.57 Å². The van der Waals surface area contributed by atoms with Gasteiger partial charge in [0.15, 0.2) is 5.65 Å². The molecule has 0 saturated heterocycles. The van der Waals surface area contributed by atoms with Crippen molar-refractivity contribution >= 4 is 33.0 Å². The first-order valence-electron chi connectivity index (χ1n) is 6.48. The van der Waals surface area contributed by atoms with Gasteiger partial charge in [0.05, 0.1) is 23.0 Å². The molecule has 3 aromatic rings. The summed E-state index contributed by atoms with van der Waals surface area (Å²) in [4.78, 5) is 4.41. The Morgan fingerprint density at radius 1 is 1.43 bits per heavy atom. The van der Waals surface area contributed by atoms with E-state index >= 15 is 0 Å². The number of aryl methyl sites for hydroxylation is 2. The molecule has 106 valence electrons. The van der Waals surface area contributed by atoms with Crippen LogP contribution in [0, 0.1) is 18.3 Å². The molecule has 2 aromatic heterocycles. The highest BCUT2D eigenvalue weighted by atomic mass is 79.9. The Kier molecular flexibility index (Phi) is 3.18. The summed E-state index contributed by atoms with van der Waals surface area (Å²) in [7, 11) is 0. The van der Waals surface area contributed by atoms with Crippen molar-refractivity contribution in [2.45, 2.75) is 20.4 Å². The molecule has 2 heterocycles. The number of nitriles is 1. The molecule has 1 aromatic carbocycles. The molecule has 2 N–H and O–H groups in total. The van der Waals surface area contributed by atoms with E-state index in [0.717, 1.165) is 33.6 Å². The van der Waals surface area contributed by atoms with Crippen molar-refractivity contribution in [3.63, 3.8) is 0 Å². The number of hydrogen-bond acceptors (Lipinski definition) is 4. The van der Waals surface area contributed by atoms with Gasteiger partial charge in [-0.05, 0) is 48.0 Å². The highest BCUT2D eigenvalue weighted by Crippen LogP contribution is 2.30. The quantitative estimate of drug-likeness (QED) is 0.774. The van der Waals surface area contributed by atoms with Crippen molar-refractivity contribution in [3.8, 4) is 11.8 Å². The second-order valence-electron chi connectivity index (χ2n) is 4.66. The van der Waals surface area contributed by atoms with Crippen LogP contribution >= 0.6 is 15.9 Å². The molecular weight excluding hydrogens is 332 g/mol. The van der Waals surface area contributed by atoms with Gasteiger partial charge in [-0.15, -0.1) is 0 Å². The van der Waals surface area contributed by atoms with E-state index in [4.69, 9.17) is 11.0 Å². The summed E-state index contributed by atoms with van der Waals surface area (Å²) in [6.45, 7) is 4.66. The SMILES string of the molecule is CCn1nc(C)c2nc(N)n(-c3ccc(C#N)cc3Br)c21. The smallest absolute Gasteiger partial charge is 0.207 e. The molecule has 0 spiro atoms. The lowest BCUT2D eigenvalue weighted by atomic mass is 10.2. The molecule has 0 fully saturated rings. The van der Waals surface area contributed by atoms with E-state index in [0.29, 0.717) is 11.5 Å². The van der Waals surface area contributed by atoms with Crippen LogP contribution in [0.25, 0.3) is 16.9 Å². The van der Waals surface area contributed by atoms with Crippen LogP contribution in [0.3, 0.4) is 0 Å². The van der Waals surface area contributed by atoms with Crippen LogP contribution in [-0.2, 0) is 6.54 Å². The lowest BCUT2D eigenvalue weighted by Gasteiger charge is -2.10. The molecule has 0 aliphatic rings. The third kappa shape index (κ3) is 1.99. The van der Waals surface area contributed by atoms with Gasteiger partial charge in [-0.2, -0.15) is 10.4 Å². The Morgan fingerprint density at radius 3 is 2.81 bits per heavy atom. The van der Waals surface area contributed by atoms with Crippen LogP contribution in [0.2, 0.25) is 0 Å². The highest BCUT2D eigenvalue weighted by Gasteiger charge is 2.19. The predicted molar refractivity (Wildman–Crippen MR) is 84.1 cm³/mol. The number of rotatable bonds is 2. The number of imidazole rings is 1. The van der Waals surface area contributed by atoms with Crippen molar-refractivity contribution in [2.24, 2.45) is 0 Å². The summed E-state index contributed by atoms with van der Waals surface area (Å²) in [6, 6.07) is 7.48. The number of halogens is 1. The maximum atomic E-state index is 8.97. The van der Waals surface area contributed by atoms with Gasteiger partial charge >= 0.3 is 0 Å². The summed E-state index contributed by atoms with van der Waals surface area (Å²) >= 11 is 3.50. The number of aromatic nitrogens is 4. The number of nitrogen functional groups attached to an aromatic ring is 1. The zero-order chi connectivity index (χ0) is 15.1. The maximum absolute atomic E-state index is 8.97. The van der Waals surface area contributed by atoms with Crippen LogP contribution in [0.1, 0.15) is 18.2 Å². The molecule has 0 unspecified atom stereocenters. The molecule has 0 saturated carbocycles. The van der Waals surface area contributed by atoms with Crippen molar-refractivity contribution in [1.29, 1.82) is 5.26 Å². The monoisotopic (exact) mass is 344 g/mol. The normalized spacial score (nSPS) is 11.0. The Labute approximate surface area is 129 Å². The molecule has 0 amide bonds. The highest BCUT2D eigenvalue weighted by molar-refractivity contribution is 9.10. The summed E-state index contributed by atoms with van der Waals surface area (Å²) in [5, 5.41) is 13.4. The fourth-order valence-corrected chi connectivity index (χ4v) is 2.96. The van der Waals surface area contributed by atoms with E-state index in [2.05, 4.69) is 32.1 Å². The molecule has 0 atom stereocenters. The Balaban J connectivity index is 2.35. The Bertz CT molecular complexity index is 883. The van der Waals surface area contributed by atoms with Crippen LogP contribution in [0.4, 0.5) is 5.95 Å². The minimum Gasteiger partial charge on any atom is -0.369 e. The summed E-state index contributed by atoms with van der Waals surface area (Å²) < 4.78 is 4.51. The summed E-state index contributed by atoms with van der Waals surface area (Å²) in [6.07, 6.45) is 0. The van der Waals surface area contributed by atoms with Gasteiger partial charge in [-0.25, -0.2) is 9.67 Å². The molecule has 0 aliphatic heterocycles. The first-order valence-corrected chi connectivity index (χ1v) is 7.27. The van der Waals surface area contributed by atoms with Crippen molar-refractivity contribution in [3.05, 3.63) is 33.9 Å². The number of benzene rings is 1. The number of nitrogens with zero attached hydrogens (tertiary/aromatic N) is 5. The zero-order valence-electron chi connectivity index (χ0n) is 11.6. The average Bonchev–Trinajstić information content (AvgIpc) is 2.96. The average molecular weight is 345 g/mol. The van der Waals surface area contributed by atoms with Gasteiger partial charge in [0.2, 0.25) is 5.95 Å². The van der Waals surface area contributed by atoms with Gasteiger partial charge in [0.1, 0.15) is 5.52 Å². The van der Waals surface area contributed by atoms with E-state index in [1.165, 1.54) is 0 Å². The molecular formula is C14H13BrN6. The molecule has 7 heteroatoms. The molecule has 3 rings (SSSR count). The van der Waals surface area contributed by atoms with Gasteiger partial charge < -0.3 is 5.73 Å². The maximum Gasteiger partial charge on any atom is 0.207 e. The van der Waals surface area contributed by atoms with E-state index in [1.54, 1.807) is 12.1 Å². The Morgan fingerprint density at radius 2 is 2.19 bits per heavy atom. The lowest BCUT2D eigenvalue weighted by Crippen LogP contribution is -2.07. The number of anilines is 1. The third-order valence-electron chi connectivity index (χ3n) is 3.35. The number of fused-ring (bicyclic) bond motifs is 1. The largest absolute Gasteiger partial charge is 0.369 e. The van der Waals surface area contributed by atoms with Crippen molar-refractivity contribution in [2.75, 3.05) is 5.73 Å². The van der Waals surface area contributed by atoms with Crippen molar-refractivity contribution in [1.82, 2.24) is 19.3 Å². The predicted octanol–water partition coefficient (Wildman–Crippen LogP) is 2.77. The van der Waals surface area contributed by atoms with E-state index in [1.807, 2.05) is 29.2 Å². The second kappa shape index (κ2) is 4.90. The van der Waals surface area contributed by atoms with E-state index < -0.39 is 0 Å². The van der Waals surface area contributed by atoms with Crippen LogP contribution in [0.5, 0.6) is 0 Å². The van der Waals surface area contributed by atoms with Crippen LogP contribution in [-0.4, -0.2) is 19.3 Å². The fraction of sp³-hybridized carbons (Fsp3) is 0.214. The lowest BCUT2D eigenvalue weighted by molar-refractivity contribution is 0.663. The standard InChI is InChI=1S/C14H13BrN6/c1-3-20-13-12(8(2)19-20)18-14(17)21(13)11-5-4-9(7-16)6-10(11)15/h4-6H,3H2,1-2H3,(H2,17,18). The van der Waals surface area contributed by atoms with Crippen LogP contribution < -0.4 is 5.73 Å². The summed E-state index contributed by atoms with van der Waals surface area (Å²) in [5.74, 6) is 0.401. The molecule has 0 bridgehead atoms. The van der Waals surface area contributed by atoms with Crippen LogP contribution in [0.15, 0.2) is 22.7 Å². The number of nitrogens with two attached hydrogens (primary N) is 1. The Hall–Kier alpha value is -2.33. The molecule has 21 heavy (non-hydrogen) atoms. The fourth-order valence-electron chi connectivity index (χ4n) is 2.40. The molecule has 6 nitrogen and oxygen atoms in total. The topological polar surface area (TPSA) is 85.5 Å². The van der Waals surface area contributed by atoms with Gasteiger partial charge in [0.25, 0.3) is 0 Å². The first-order chi connectivity index (χ1) is 10.1. The molecule has 0 radical (unpaired) electrons. The third-order valence-corrected chi connectivity index (χ3v) is 3.99. The zero-order valence-corrected chi connectivity index (χ0v) is 13.2. The van der Waals surface area contributed by atoms with Gasteiger partial charge in [-0.1, -0.05) is 0 Å². The second-order valence-corrected chi connectivity index (χ2v) is 5.51. The minimum atomic E-state index is 0.401. The van der Waals surface area contributed by atoms with Gasteiger partial charge in [0, 0.05) is 11.0 Å².